The van der Waals surface area contributed by atoms with Gasteiger partial charge in [0.15, 0.2) is 5.60 Å². The van der Waals surface area contributed by atoms with E-state index < -0.39 is 18.2 Å². The maximum Gasteiger partial charge on any atom is 0.421 e. The highest BCUT2D eigenvalue weighted by molar-refractivity contribution is 5.59. The lowest BCUT2D eigenvalue weighted by atomic mass is 9.85. The van der Waals surface area contributed by atoms with Crippen LogP contribution in [-0.2, 0) is 5.60 Å². The van der Waals surface area contributed by atoms with Gasteiger partial charge in [-0.3, -0.25) is 0 Å². The molecule has 0 radical (unpaired) electrons. The molecule has 1 atom stereocenters. The molecule has 2 N–H and O–H groups in total. The number of halogens is 3. The number of fused-ring (bicyclic) bond motifs is 1. The highest BCUT2D eigenvalue weighted by atomic mass is 19.4. The number of rotatable bonds is 1. The fourth-order valence-corrected chi connectivity index (χ4v) is 1.95. The Hall–Kier alpha value is -1.43. The number of aliphatic hydroxyl groups is 1. The van der Waals surface area contributed by atoms with Crippen molar-refractivity contribution >= 4 is 5.69 Å². The summed E-state index contributed by atoms with van der Waals surface area (Å²) < 4.78 is 43.6. The molecule has 0 fully saturated rings. The minimum atomic E-state index is -4.70. The van der Waals surface area contributed by atoms with Crippen molar-refractivity contribution < 1.29 is 23.0 Å². The van der Waals surface area contributed by atoms with Gasteiger partial charge < -0.3 is 15.2 Å². The van der Waals surface area contributed by atoms with Crippen LogP contribution in [0, 0.1) is 0 Å². The van der Waals surface area contributed by atoms with E-state index in [1.807, 2.05) is 0 Å². The average Bonchev–Trinajstić information content (AvgIpc) is 2.28. The Bertz CT molecular complexity index is 433. The first-order valence-electron chi connectivity index (χ1n) is 5.10. The average molecular weight is 247 g/mol. The van der Waals surface area contributed by atoms with Crippen molar-refractivity contribution in [2.45, 2.75) is 18.2 Å². The summed E-state index contributed by atoms with van der Waals surface area (Å²) in [5.74, 6) is 0.287. The van der Waals surface area contributed by atoms with Gasteiger partial charge in [-0.05, 0) is 18.2 Å². The number of hydrogen-bond donors (Lipinski definition) is 2. The monoisotopic (exact) mass is 247 g/mol. The van der Waals surface area contributed by atoms with Crippen LogP contribution in [0.3, 0.4) is 0 Å². The zero-order valence-electron chi connectivity index (χ0n) is 9.14. The van der Waals surface area contributed by atoms with Gasteiger partial charge in [0, 0.05) is 24.2 Å². The number of benzene rings is 1. The lowest BCUT2D eigenvalue weighted by molar-refractivity contribution is -0.268. The Balaban J connectivity index is 2.56. The molecule has 17 heavy (non-hydrogen) atoms. The SMILES string of the molecule is COc1ccc2c(c1)C(O)(C(F)(F)F)CCN2. The van der Waals surface area contributed by atoms with E-state index in [1.54, 1.807) is 6.07 Å². The molecule has 0 aromatic heterocycles. The van der Waals surface area contributed by atoms with Crippen LogP contribution < -0.4 is 10.1 Å². The van der Waals surface area contributed by atoms with Gasteiger partial charge in [-0.1, -0.05) is 0 Å². The third-order valence-electron chi connectivity index (χ3n) is 2.94. The molecule has 1 aromatic carbocycles. The number of alkyl halides is 3. The fourth-order valence-electron chi connectivity index (χ4n) is 1.95. The van der Waals surface area contributed by atoms with Crippen LogP contribution in [0.4, 0.5) is 18.9 Å². The molecule has 1 aliphatic heterocycles. The predicted octanol–water partition coefficient (Wildman–Crippen LogP) is 2.26. The van der Waals surface area contributed by atoms with Crippen molar-refractivity contribution in [2.24, 2.45) is 0 Å². The van der Waals surface area contributed by atoms with Crippen molar-refractivity contribution in [3.05, 3.63) is 23.8 Å². The summed E-state index contributed by atoms with van der Waals surface area (Å²) in [5, 5.41) is 12.7. The van der Waals surface area contributed by atoms with E-state index in [-0.39, 0.29) is 23.5 Å². The largest absolute Gasteiger partial charge is 0.497 e. The van der Waals surface area contributed by atoms with Crippen molar-refractivity contribution in [1.29, 1.82) is 0 Å². The Morgan fingerprint density at radius 2 is 2.12 bits per heavy atom. The van der Waals surface area contributed by atoms with Crippen LogP contribution in [-0.4, -0.2) is 24.9 Å². The Morgan fingerprint density at radius 3 is 2.71 bits per heavy atom. The molecule has 0 spiro atoms. The number of hydrogen-bond acceptors (Lipinski definition) is 3. The summed E-state index contributed by atoms with van der Waals surface area (Å²) in [6.07, 6.45) is -5.10. The van der Waals surface area contributed by atoms with Crippen molar-refractivity contribution in [3.8, 4) is 5.75 Å². The Labute approximate surface area is 96.2 Å². The molecule has 1 aliphatic rings. The molecule has 0 bridgehead atoms. The van der Waals surface area contributed by atoms with E-state index in [0.717, 1.165) is 0 Å². The first-order valence-corrected chi connectivity index (χ1v) is 5.10. The number of anilines is 1. The zero-order valence-corrected chi connectivity index (χ0v) is 9.14. The molecule has 0 saturated carbocycles. The molecule has 1 unspecified atom stereocenters. The molecular formula is C11H12F3NO2. The molecule has 1 heterocycles. The molecule has 6 heteroatoms. The van der Waals surface area contributed by atoms with Gasteiger partial charge in [-0.15, -0.1) is 0 Å². The number of methoxy groups -OCH3 is 1. The lowest BCUT2D eigenvalue weighted by Gasteiger charge is -2.36. The summed E-state index contributed by atoms with van der Waals surface area (Å²) in [5.41, 5.74) is -2.70. The van der Waals surface area contributed by atoms with Crippen molar-refractivity contribution in [3.63, 3.8) is 0 Å². The van der Waals surface area contributed by atoms with E-state index in [0.29, 0.717) is 0 Å². The summed E-state index contributed by atoms with van der Waals surface area (Å²) in [6, 6.07) is 4.24. The third kappa shape index (κ3) is 1.82. The van der Waals surface area contributed by atoms with Crippen molar-refractivity contribution in [1.82, 2.24) is 0 Å². The fraction of sp³-hybridized carbons (Fsp3) is 0.455. The van der Waals surface area contributed by atoms with Gasteiger partial charge >= 0.3 is 6.18 Å². The second kappa shape index (κ2) is 3.80. The van der Waals surface area contributed by atoms with Crippen LogP contribution in [0.5, 0.6) is 5.75 Å². The van der Waals surface area contributed by atoms with Crippen LogP contribution in [0.25, 0.3) is 0 Å². The predicted molar refractivity (Wildman–Crippen MR) is 56.1 cm³/mol. The molecule has 0 aliphatic carbocycles. The van der Waals surface area contributed by atoms with Gasteiger partial charge in [-0.2, -0.15) is 13.2 Å². The smallest absolute Gasteiger partial charge is 0.421 e. The second-order valence-electron chi connectivity index (χ2n) is 3.95. The van der Waals surface area contributed by atoms with E-state index in [9.17, 15) is 18.3 Å². The van der Waals surface area contributed by atoms with E-state index >= 15 is 0 Å². The van der Waals surface area contributed by atoms with Crippen LogP contribution in [0.1, 0.15) is 12.0 Å². The van der Waals surface area contributed by atoms with Crippen LogP contribution >= 0.6 is 0 Å². The summed E-state index contributed by atoms with van der Waals surface area (Å²) in [4.78, 5) is 0. The molecule has 0 saturated heterocycles. The number of ether oxygens (including phenoxy) is 1. The highest BCUT2D eigenvalue weighted by Gasteiger charge is 2.56. The van der Waals surface area contributed by atoms with Gasteiger partial charge in [0.2, 0.25) is 0 Å². The molecule has 2 rings (SSSR count). The van der Waals surface area contributed by atoms with Gasteiger partial charge in [0.1, 0.15) is 5.75 Å². The quantitative estimate of drug-likeness (QED) is 0.799. The Kier molecular flexibility index (Phi) is 2.69. The van der Waals surface area contributed by atoms with Crippen LogP contribution in [0.2, 0.25) is 0 Å². The van der Waals surface area contributed by atoms with Gasteiger partial charge in [-0.25, -0.2) is 0 Å². The standard InChI is InChI=1S/C11H12F3NO2/c1-17-7-2-3-9-8(6-7)10(16,4-5-15-9)11(12,13)14/h2-3,6,15-16H,4-5H2,1H3. The van der Waals surface area contributed by atoms with Crippen molar-refractivity contribution in [2.75, 3.05) is 19.0 Å². The third-order valence-corrected chi connectivity index (χ3v) is 2.94. The highest BCUT2D eigenvalue weighted by Crippen LogP contribution is 2.47. The lowest BCUT2D eigenvalue weighted by Crippen LogP contribution is -2.46. The second-order valence-corrected chi connectivity index (χ2v) is 3.95. The Morgan fingerprint density at radius 1 is 1.41 bits per heavy atom. The minimum Gasteiger partial charge on any atom is -0.497 e. The van der Waals surface area contributed by atoms with E-state index in [1.165, 1.54) is 19.2 Å². The van der Waals surface area contributed by atoms with E-state index in [2.05, 4.69) is 5.32 Å². The van der Waals surface area contributed by atoms with Gasteiger partial charge in [0.25, 0.3) is 0 Å². The normalized spacial score (nSPS) is 23.8. The van der Waals surface area contributed by atoms with Crippen LogP contribution in [0.15, 0.2) is 18.2 Å². The summed E-state index contributed by atoms with van der Waals surface area (Å²) >= 11 is 0. The topological polar surface area (TPSA) is 41.5 Å². The van der Waals surface area contributed by atoms with E-state index in [4.69, 9.17) is 4.74 Å². The first-order chi connectivity index (χ1) is 7.88. The first kappa shape index (κ1) is 12.0. The zero-order chi connectivity index (χ0) is 12.7. The molecule has 0 amide bonds. The number of nitrogens with one attached hydrogen (secondary N) is 1. The summed E-state index contributed by atoms with van der Waals surface area (Å²) in [6.45, 7) is 0.0787. The maximum absolute atomic E-state index is 12.9. The molecular weight excluding hydrogens is 235 g/mol. The van der Waals surface area contributed by atoms with Gasteiger partial charge in [0.05, 0.1) is 7.11 Å². The minimum absolute atomic E-state index is 0.0787. The molecule has 94 valence electrons. The molecule has 3 nitrogen and oxygen atoms in total. The molecule has 1 aromatic rings. The maximum atomic E-state index is 12.9. The summed E-state index contributed by atoms with van der Waals surface area (Å²) in [7, 11) is 1.37.